The molecule has 4 heterocycles. The van der Waals surface area contributed by atoms with Crippen molar-refractivity contribution in [3.05, 3.63) is 144 Å². The van der Waals surface area contributed by atoms with Gasteiger partial charge in [0.15, 0.2) is 0 Å². The zero-order valence-corrected chi connectivity index (χ0v) is 27.3. The maximum Gasteiger partial charge on any atom is 0.0970 e. The summed E-state index contributed by atoms with van der Waals surface area (Å²) in [5.74, 6) is 1.78. The largest absolute Gasteiger partial charge is 0.256 e. The summed E-state index contributed by atoms with van der Waals surface area (Å²) >= 11 is 2.12. The van der Waals surface area contributed by atoms with E-state index in [9.17, 15) is 0 Å². The predicted octanol–water partition coefficient (Wildman–Crippen LogP) is 11.0. The van der Waals surface area contributed by atoms with Gasteiger partial charge in [0, 0.05) is 68.0 Å². The van der Waals surface area contributed by atoms with Crippen LogP contribution in [0.5, 0.6) is 0 Å². The van der Waals surface area contributed by atoms with Gasteiger partial charge in [-0.2, -0.15) is 0 Å². The summed E-state index contributed by atoms with van der Waals surface area (Å²) in [5, 5.41) is 6.66. The monoisotopic (exact) mass is 633 g/mol. The molecular weight excluding hydrogens is 603 g/mol. The zero-order chi connectivity index (χ0) is 31.5. The minimum absolute atomic E-state index is 0.373. The van der Waals surface area contributed by atoms with Gasteiger partial charge >= 0.3 is 0 Å². The second kappa shape index (κ2) is 9.98. The van der Waals surface area contributed by atoms with Crippen LogP contribution < -0.4 is 0 Å². The Labute approximate surface area is 283 Å². The van der Waals surface area contributed by atoms with Gasteiger partial charge in [0.05, 0.1) is 16.6 Å². The van der Waals surface area contributed by atoms with E-state index >= 15 is 0 Å². The molecule has 11 rings (SSSR count). The molecule has 48 heavy (non-hydrogen) atoms. The number of thioether (sulfide) groups is 1. The lowest BCUT2D eigenvalue weighted by Crippen LogP contribution is -2.42. The van der Waals surface area contributed by atoms with E-state index in [4.69, 9.17) is 15.0 Å². The molecule has 4 aliphatic rings. The number of pyridine rings is 3. The van der Waals surface area contributed by atoms with E-state index in [0.29, 0.717) is 28.9 Å². The quantitative estimate of drug-likeness (QED) is 0.140. The van der Waals surface area contributed by atoms with Crippen LogP contribution in [0.15, 0.2) is 127 Å². The molecule has 0 radical (unpaired) electrons. The van der Waals surface area contributed by atoms with Crippen molar-refractivity contribution in [2.45, 2.75) is 29.4 Å². The molecule has 3 aromatic heterocycles. The molecule has 4 heteroatoms. The van der Waals surface area contributed by atoms with Crippen LogP contribution in [0.3, 0.4) is 0 Å². The van der Waals surface area contributed by atoms with Gasteiger partial charge in [-0.3, -0.25) is 15.0 Å². The van der Waals surface area contributed by atoms with E-state index in [1.807, 2.05) is 30.7 Å². The fourth-order valence-corrected chi connectivity index (χ4v) is 11.0. The first-order valence-corrected chi connectivity index (χ1v) is 17.9. The number of rotatable bonds is 2. The maximum atomic E-state index is 4.85. The summed E-state index contributed by atoms with van der Waals surface area (Å²) < 4.78 is 0. The Balaban J connectivity index is 1.07. The van der Waals surface area contributed by atoms with Gasteiger partial charge in [-0.25, -0.2) is 0 Å². The molecule has 1 aliphatic heterocycles. The lowest BCUT2D eigenvalue weighted by atomic mass is 9.59. The second-order valence-corrected chi connectivity index (χ2v) is 15.1. The maximum absolute atomic E-state index is 4.85. The van der Waals surface area contributed by atoms with Gasteiger partial charge in [-0.05, 0) is 87.9 Å². The van der Waals surface area contributed by atoms with Crippen LogP contribution in [0, 0.1) is 24.7 Å². The normalized spacial score (nSPS) is 23.5. The van der Waals surface area contributed by atoms with Crippen LogP contribution in [0.1, 0.15) is 34.6 Å². The van der Waals surface area contributed by atoms with Gasteiger partial charge in [-0.1, -0.05) is 85.0 Å². The summed E-state index contributed by atoms with van der Waals surface area (Å²) in [7, 11) is 0. The lowest BCUT2D eigenvalue weighted by Gasteiger charge is -2.51. The Morgan fingerprint density at radius 3 is 2.35 bits per heavy atom. The molecular formula is C44H31N3S. The third-order valence-corrected chi connectivity index (χ3v) is 12.9. The molecule has 228 valence electrons. The predicted molar refractivity (Wildman–Crippen MR) is 200 cm³/mol. The molecule has 4 aromatic carbocycles. The van der Waals surface area contributed by atoms with Crippen LogP contribution in [0.25, 0.3) is 66.3 Å². The summed E-state index contributed by atoms with van der Waals surface area (Å²) in [5.41, 5.74) is 12.7. The average molecular weight is 634 g/mol. The third kappa shape index (κ3) is 3.64. The summed E-state index contributed by atoms with van der Waals surface area (Å²) in [4.78, 5) is 15.9. The fraction of sp³-hybridized carbons (Fsp3) is 0.159. The summed E-state index contributed by atoms with van der Waals surface area (Å²) in [6.07, 6.45) is 19.4. The van der Waals surface area contributed by atoms with Gasteiger partial charge in [0.1, 0.15) is 0 Å². The third-order valence-electron chi connectivity index (χ3n) is 11.5. The molecule has 0 spiro atoms. The van der Waals surface area contributed by atoms with Crippen LogP contribution in [0.2, 0.25) is 0 Å². The van der Waals surface area contributed by atoms with Crippen molar-refractivity contribution >= 4 is 66.9 Å². The summed E-state index contributed by atoms with van der Waals surface area (Å²) in [6.45, 7) is 2.23. The van der Waals surface area contributed by atoms with Gasteiger partial charge in [0.2, 0.25) is 0 Å². The highest BCUT2D eigenvalue weighted by Gasteiger charge is 2.49. The number of nitrogens with zero attached hydrogens (tertiary/aromatic N) is 3. The molecule has 0 N–H and O–H groups in total. The average Bonchev–Trinajstić information content (AvgIpc) is 3.14. The van der Waals surface area contributed by atoms with E-state index in [-0.39, 0.29) is 0 Å². The van der Waals surface area contributed by atoms with Crippen molar-refractivity contribution < 1.29 is 0 Å². The van der Waals surface area contributed by atoms with E-state index in [2.05, 4.69) is 116 Å². The van der Waals surface area contributed by atoms with Gasteiger partial charge in [0.25, 0.3) is 0 Å². The van der Waals surface area contributed by atoms with Gasteiger partial charge < -0.3 is 0 Å². The second-order valence-electron chi connectivity index (χ2n) is 13.8. The number of aryl methyl sites for hydroxylation is 1. The van der Waals surface area contributed by atoms with Crippen molar-refractivity contribution in [2.24, 2.45) is 17.8 Å². The Morgan fingerprint density at radius 2 is 1.46 bits per heavy atom. The van der Waals surface area contributed by atoms with Crippen molar-refractivity contribution in [1.29, 1.82) is 0 Å². The van der Waals surface area contributed by atoms with E-state index in [1.54, 1.807) is 5.56 Å². The number of hydrogen-bond acceptors (Lipinski definition) is 4. The van der Waals surface area contributed by atoms with E-state index in [1.165, 1.54) is 54.4 Å². The molecule has 0 saturated heterocycles. The SMILES string of the molecule is Cc1ccc(C2=CCC3Sc4ccc(-c5ccnc6c5ccc5cccnc56)c5c4C4C(C=C5)C=CC2C34)c2ccc3cccnc3c12. The number of benzene rings is 4. The molecule has 0 saturated carbocycles. The fourth-order valence-electron chi connectivity index (χ4n) is 9.51. The minimum Gasteiger partial charge on any atom is -0.256 e. The first kappa shape index (κ1) is 26.9. The first-order chi connectivity index (χ1) is 23.7. The Kier molecular flexibility index (Phi) is 5.60. The van der Waals surface area contributed by atoms with Crippen LogP contribution >= 0.6 is 11.8 Å². The summed E-state index contributed by atoms with van der Waals surface area (Å²) in [6, 6.07) is 29.0. The van der Waals surface area contributed by atoms with Crippen molar-refractivity contribution in [3.8, 4) is 11.1 Å². The van der Waals surface area contributed by atoms with Crippen molar-refractivity contribution in [1.82, 2.24) is 15.0 Å². The molecule has 0 bridgehead atoms. The Bertz CT molecular complexity index is 2630. The van der Waals surface area contributed by atoms with E-state index in [0.717, 1.165) is 33.7 Å². The standard InChI is InChI=1S/C44H31N3S/c1-24-6-11-28(32-14-9-26-4-2-21-45-42(26)38(24)32)29-16-18-36-40-33(29)12-7-25-8-13-34-30(17-19-37(48-36)41(34)39(25)40)31-20-23-47-44-35(31)15-10-27-5-3-22-46-43(27)44/h2-17,19-23,25,33,36,39-40H,18H2,1H3. The highest BCUT2D eigenvalue weighted by Crippen LogP contribution is 2.62. The Morgan fingerprint density at radius 1 is 0.667 bits per heavy atom. The number of allylic oxidation sites excluding steroid dienone is 5. The highest BCUT2D eigenvalue weighted by molar-refractivity contribution is 8.00. The van der Waals surface area contributed by atoms with Crippen molar-refractivity contribution in [2.75, 3.05) is 0 Å². The van der Waals surface area contributed by atoms with Crippen molar-refractivity contribution in [3.63, 3.8) is 0 Å². The number of hydrogen-bond donors (Lipinski definition) is 0. The molecule has 0 fully saturated rings. The molecule has 5 atom stereocenters. The smallest absolute Gasteiger partial charge is 0.0970 e. The molecule has 5 unspecified atom stereocenters. The molecule has 7 aromatic rings. The molecule has 0 amide bonds. The lowest BCUT2D eigenvalue weighted by molar-refractivity contribution is 0.294. The van der Waals surface area contributed by atoms with Crippen LogP contribution in [-0.4, -0.2) is 20.2 Å². The first-order valence-electron chi connectivity index (χ1n) is 17.0. The van der Waals surface area contributed by atoms with Crippen LogP contribution in [-0.2, 0) is 0 Å². The van der Waals surface area contributed by atoms with Gasteiger partial charge in [-0.15, -0.1) is 11.8 Å². The topological polar surface area (TPSA) is 38.7 Å². The number of fused-ring (bicyclic) bond motifs is 6. The van der Waals surface area contributed by atoms with Crippen LogP contribution in [0.4, 0.5) is 0 Å². The number of aromatic nitrogens is 3. The molecule has 3 nitrogen and oxygen atoms in total. The highest BCUT2D eigenvalue weighted by atomic mass is 32.2. The zero-order valence-electron chi connectivity index (χ0n) is 26.5. The molecule has 3 aliphatic carbocycles. The van der Waals surface area contributed by atoms with E-state index < -0.39 is 0 Å². The minimum atomic E-state index is 0.373. The Hall–Kier alpha value is -5.06.